The minimum absolute atomic E-state index is 0.339. The van der Waals surface area contributed by atoms with Gasteiger partial charge < -0.3 is 10.1 Å². The highest BCUT2D eigenvalue weighted by molar-refractivity contribution is 5.59. The predicted molar refractivity (Wildman–Crippen MR) is 52.5 cm³/mol. The van der Waals surface area contributed by atoms with E-state index in [1.54, 1.807) is 0 Å². The molecule has 0 aliphatic carbocycles. The molecule has 0 radical (unpaired) electrons. The van der Waals surface area contributed by atoms with Crippen LogP contribution < -0.4 is 5.73 Å². The van der Waals surface area contributed by atoms with E-state index in [1.165, 1.54) is 0 Å². The summed E-state index contributed by atoms with van der Waals surface area (Å²) < 4.78 is 1.85. The number of imidazole rings is 1. The van der Waals surface area contributed by atoms with E-state index in [9.17, 15) is 0 Å². The molecule has 0 amide bonds. The molecule has 0 saturated heterocycles. The van der Waals surface area contributed by atoms with Crippen molar-refractivity contribution in [3.05, 3.63) is 35.4 Å². The fourth-order valence-corrected chi connectivity index (χ4v) is 1.48. The van der Waals surface area contributed by atoms with Crippen molar-refractivity contribution in [2.24, 2.45) is 5.73 Å². The number of rotatable bonds is 1. The Bertz CT molecular complexity index is 519. The Balaban J connectivity index is 2.84. The van der Waals surface area contributed by atoms with E-state index >= 15 is 0 Å². The fourth-order valence-electron chi connectivity index (χ4n) is 1.48. The average molecular weight is 186 g/mol. The number of hydrogen-bond donors (Lipinski definition) is 1. The molecule has 14 heavy (non-hydrogen) atoms. The molecule has 0 aromatic carbocycles. The van der Waals surface area contributed by atoms with Crippen LogP contribution in [0.2, 0.25) is 0 Å². The van der Waals surface area contributed by atoms with Crippen molar-refractivity contribution < 1.29 is 0 Å². The van der Waals surface area contributed by atoms with Gasteiger partial charge in [-0.2, -0.15) is 5.26 Å². The monoisotopic (exact) mass is 186 g/mol. The molecule has 2 aromatic rings. The first-order chi connectivity index (χ1) is 6.76. The normalized spacial score (nSPS) is 10.4. The van der Waals surface area contributed by atoms with Gasteiger partial charge in [-0.3, -0.25) is 0 Å². The molecule has 0 bridgehead atoms. The molecule has 0 spiro atoms. The Morgan fingerprint density at radius 1 is 1.64 bits per heavy atom. The van der Waals surface area contributed by atoms with E-state index < -0.39 is 0 Å². The van der Waals surface area contributed by atoms with E-state index in [4.69, 9.17) is 11.0 Å². The standard InChI is InChI=1S/C10H10N4/c1-7-2-3-14-9(4-7)8(5-11)13-10(14)6-12/h2-4H,6,12H2,1H3. The van der Waals surface area contributed by atoms with Crippen LogP contribution in [0, 0.1) is 18.3 Å². The predicted octanol–water partition coefficient (Wildman–Crippen LogP) is 0.973. The van der Waals surface area contributed by atoms with Gasteiger partial charge >= 0.3 is 0 Å². The molecule has 0 atom stereocenters. The molecule has 2 aromatic heterocycles. The number of pyridine rings is 1. The molecule has 0 aliphatic rings. The van der Waals surface area contributed by atoms with E-state index in [0.29, 0.717) is 12.2 Å². The minimum atomic E-state index is 0.339. The summed E-state index contributed by atoms with van der Waals surface area (Å²) in [4.78, 5) is 4.14. The fraction of sp³-hybridized carbons (Fsp3) is 0.200. The van der Waals surface area contributed by atoms with Crippen LogP contribution in [0.1, 0.15) is 17.1 Å². The minimum Gasteiger partial charge on any atom is -0.324 e. The zero-order valence-corrected chi connectivity index (χ0v) is 7.86. The largest absolute Gasteiger partial charge is 0.324 e. The quantitative estimate of drug-likeness (QED) is 0.721. The number of hydrogen-bond acceptors (Lipinski definition) is 3. The molecule has 0 aliphatic heterocycles. The maximum absolute atomic E-state index is 8.87. The molecule has 0 unspecified atom stereocenters. The van der Waals surface area contributed by atoms with Crippen LogP contribution in [-0.4, -0.2) is 9.38 Å². The van der Waals surface area contributed by atoms with Crippen LogP contribution in [-0.2, 0) is 6.54 Å². The third-order valence-electron chi connectivity index (χ3n) is 2.16. The highest BCUT2D eigenvalue weighted by Crippen LogP contribution is 2.13. The SMILES string of the molecule is Cc1ccn2c(CN)nc(C#N)c2c1. The smallest absolute Gasteiger partial charge is 0.166 e. The summed E-state index contributed by atoms with van der Waals surface area (Å²) in [5.41, 5.74) is 7.90. The van der Waals surface area contributed by atoms with Gasteiger partial charge in [0, 0.05) is 6.20 Å². The zero-order valence-electron chi connectivity index (χ0n) is 7.86. The topological polar surface area (TPSA) is 67.1 Å². The zero-order chi connectivity index (χ0) is 10.1. The van der Waals surface area contributed by atoms with Crippen molar-refractivity contribution in [3.8, 4) is 6.07 Å². The Hall–Kier alpha value is -1.86. The lowest BCUT2D eigenvalue weighted by Crippen LogP contribution is -2.02. The Kier molecular flexibility index (Phi) is 1.95. The van der Waals surface area contributed by atoms with Crippen molar-refractivity contribution in [1.82, 2.24) is 9.38 Å². The van der Waals surface area contributed by atoms with Crippen molar-refractivity contribution >= 4 is 5.52 Å². The molecule has 70 valence electrons. The summed E-state index contributed by atoms with van der Waals surface area (Å²) in [7, 11) is 0. The highest BCUT2D eigenvalue weighted by Gasteiger charge is 2.08. The number of aryl methyl sites for hydroxylation is 1. The van der Waals surface area contributed by atoms with E-state index in [2.05, 4.69) is 11.1 Å². The lowest BCUT2D eigenvalue weighted by Gasteiger charge is -1.98. The lowest BCUT2D eigenvalue weighted by molar-refractivity contribution is 0.901. The first kappa shape index (κ1) is 8.73. The first-order valence-electron chi connectivity index (χ1n) is 4.34. The lowest BCUT2D eigenvalue weighted by atomic mass is 10.2. The van der Waals surface area contributed by atoms with Gasteiger partial charge in [0.2, 0.25) is 0 Å². The van der Waals surface area contributed by atoms with Gasteiger partial charge in [-0.25, -0.2) is 4.98 Å². The summed E-state index contributed by atoms with van der Waals surface area (Å²) in [5, 5.41) is 8.87. The van der Waals surface area contributed by atoms with Crippen LogP contribution in [0.3, 0.4) is 0 Å². The Labute approximate surface area is 81.6 Å². The van der Waals surface area contributed by atoms with Crippen LogP contribution in [0.4, 0.5) is 0 Å². The third kappa shape index (κ3) is 1.15. The molecular weight excluding hydrogens is 176 g/mol. The van der Waals surface area contributed by atoms with Crippen LogP contribution >= 0.6 is 0 Å². The molecular formula is C10H10N4. The van der Waals surface area contributed by atoms with Gasteiger partial charge in [-0.05, 0) is 24.6 Å². The van der Waals surface area contributed by atoms with Crippen molar-refractivity contribution in [2.75, 3.05) is 0 Å². The van der Waals surface area contributed by atoms with E-state index in [1.807, 2.05) is 29.7 Å². The van der Waals surface area contributed by atoms with Gasteiger partial charge in [0.05, 0.1) is 12.1 Å². The maximum atomic E-state index is 8.87. The summed E-state index contributed by atoms with van der Waals surface area (Å²) >= 11 is 0. The first-order valence-corrected chi connectivity index (χ1v) is 4.34. The number of fused-ring (bicyclic) bond motifs is 1. The molecule has 2 N–H and O–H groups in total. The molecule has 2 rings (SSSR count). The van der Waals surface area contributed by atoms with Gasteiger partial charge in [0.1, 0.15) is 11.9 Å². The van der Waals surface area contributed by atoms with Crippen molar-refractivity contribution in [1.29, 1.82) is 5.26 Å². The van der Waals surface area contributed by atoms with Gasteiger partial charge in [0.25, 0.3) is 0 Å². The second kappa shape index (κ2) is 3.13. The van der Waals surface area contributed by atoms with Gasteiger partial charge in [-0.15, -0.1) is 0 Å². The second-order valence-corrected chi connectivity index (χ2v) is 3.15. The van der Waals surface area contributed by atoms with Crippen LogP contribution in [0.25, 0.3) is 5.52 Å². The van der Waals surface area contributed by atoms with Crippen molar-refractivity contribution in [2.45, 2.75) is 13.5 Å². The third-order valence-corrected chi connectivity index (χ3v) is 2.16. The van der Waals surface area contributed by atoms with Crippen LogP contribution in [0.5, 0.6) is 0 Å². The van der Waals surface area contributed by atoms with Gasteiger partial charge in [-0.1, -0.05) is 0 Å². The van der Waals surface area contributed by atoms with Crippen molar-refractivity contribution in [3.63, 3.8) is 0 Å². The summed E-state index contributed by atoms with van der Waals surface area (Å²) in [6.45, 7) is 2.32. The molecule has 4 heteroatoms. The van der Waals surface area contributed by atoms with E-state index in [0.717, 1.165) is 16.9 Å². The number of nitriles is 1. The molecule has 4 nitrogen and oxygen atoms in total. The maximum Gasteiger partial charge on any atom is 0.166 e. The summed E-state index contributed by atoms with van der Waals surface area (Å²) in [6, 6.07) is 5.97. The molecule has 0 saturated carbocycles. The summed E-state index contributed by atoms with van der Waals surface area (Å²) in [5.74, 6) is 0.719. The van der Waals surface area contributed by atoms with Crippen LogP contribution in [0.15, 0.2) is 18.3 Å². The average Bonchev–Trinajstić information content (AvgIpc) is 2.55. The Morgan fingerprint density at radius 3 is 3.07 bits per heavy atom. The highest BCUT2D eigenvalue weighted by atomic mass is 15.0. The number of aromatic nitrogens is 2. The Morgan fingerprint density at radius 2 is 2.43 bits per heavy atom. The second-order valence-electron chi connectivity index (χ2n) is 3.15. The molecule has 2 heterocycles. The molecule has 0 fully saturated rings. The van der Waals surface area contributed by atoms with Gasteiger partial charge in [0.15, 0.2) is 5.69 Å². The number of nitrogens with zero attached hydrogens (tertiary/aromatic N) is 3. The number of nitrogens with two attached hydrogens (primary N) is 1. The summed E-state index contributed by atoms with van der Waals surface area (Å²) in [6.07, 6.45) is 1.89. The van der Waals surface area contributed by atoms with E-state index in [-0.39, 0.29) is 0 Å².